The average Bonchev–Trinajstić information content (AvgIpc) is 3.12. The molecule has 1 atom stereocenters. The molecule has 10 heteroatoms. The summed E-state index contributed by atoms with van der Waals surface area (Å²) < 4.78 is 46.6. The summed E-state index contributed by atoms with van der Waals surface area (Å²) in [5.74, 6) is -2.35. The van der Waals surface area contributed by atoms with Crippen LogP contribution in [0.3, 0.4) is 0 Å². The Morgan fingerprint density at radius 3 is 2.16 bits per heavy atom. The molecule has 1 unspecified atom stereocenters. The van der Waals surface area contributed by atoms with Gasteiger partial charge in [0.2, 0.25) is 0 Å². The Bertz CT molecular complexity index is 1340. The molecule has 7 nitrogen and oxygen atoms in total. The van der Waals surface area contributed by atoms with Crippen LogP contribution in [0.25, 0.3) is 11.4 Å². The second-order valence-corrected chi connectivity index (χ2v) is 9.09. The Kier molecular flexibility index (Phi) is 7.56. The highest BCUT2D eigenvalue weighted by Crippen LogP contribution is 2.24. The zero-order valence-corrected chi connectivity index (χ0v) is 20.6. The Morgan fingerprint density at radius 1 is 0.946 bits per heavy atom. The number of ether oxygens (including phenoxy) is 1. The number of halogens is 3. The molecule has 0 N–H and O–H groups in total. The first-order valence-corrected chi connectivity index (χ1v) is 12.1. The number of rotatable bonds is 6. The lowest BCUT2D eigenvalue weighted by Crippen LogP contribution is -2.42. The van der Waals surface area contributed by atoms with Crippen LogP contribution in [0.2, 0.25) is 0 Å². The number of hydrogen-bond donors (Lipinski definition) is 0. The average molecular weight is 516 g/mol. The molecule has 196 valence electrons. The predicted molar refractivity (Wildman–Crippen MR) is 131 cm³/mol. The number of aromatic nitrogens is 2. The van der Waals surface area contributed by atoms with Gasteiger partial charge < -0.3 is 9.64 Å². The van der Waals surface area contributed by atoms with Crippen LogP contribution in [0.5, 0.6) is 0 Å². The first kappa shape index (κ1) is 26.2. The Labute approximate surface area is 212 Å². The van der Waals surface area contributed by atoms with Crippen LogP contribution in [-0.4, -0.2) is 51.8 Å². The SMILES string of the molecule is CCOC(=O)C(C)Cc1ccc(-n2ccn(-c3ccc4c(c3)CCN(C(=O)C(F)(F)F)CC4)c2=O)cc1. The maximum Gasteiger partial charge on any atom is 0.471 e. The summed E-state index contributed by atoms with van der Waals surface area (Å²) in [6.07, 6.45) is -0.503. The molecule has 0 bridgehead atoms. The maximum absolute atomic E-state index is 13.2. The van der Waals surface area contributed by atoms with Crippen molar-refractivity contribution >= 4 is 11.9 Å². The zero-order valence-electron chi connectivity index (χ0n) is 20.6. The number of alkyl halides is 3. The molecule has 1 amide bonds. The number of carbonyl (C=O) groups excluding carboxylic acids is 2. The largest absolute Gasteiger partial charge is 0.471 e. The van der Waals surface area contributed by atoms with Crippen molar-refractivity contribution in [3.63, 3.8) is 0 Å². The molecule has 37 heavy (non-hydrogen) atoms. The van der Waals surface area contributed by atoms with E-state index in [1.54, 1.807) is 37.5 Å². The van der Waals surface area contributed by atoms with Gasteiger partial charge in [0, 0.05) is 25.5 Å². The second-order valence-electron chi connectivity index (χ2n) is 9.09. The van der Waals surface area contributed by atoms with Gasteiger partial charge >= 0.3 is 23.7 Å². The van der Waals surface area contributed by atoms with Gasteiger partial charge in [0.15, 0.2) is 0 Å². The number of imidazole rings is 1. The highest BCUT2D eigenvalue weighted by Gasteiger charge is 2.42. The highest BCUT2D eigenvalue weighted by molar-refractivity contribution is 5.82. The summed E-state index contributed by atoms with van der Waals surface area (Å²) >= 11 is 0. The Hall–Kier alpha value is -3.82. The normalized spacial score (nSPS) is 14.6. The molecule has 3 aromatic rings. The van der Waals surface area contributed by atoms with Gasteiger partial charge in [-0.2, -0.15) is 13.2 Å². The summed E-state index contributed by atoms with van der Waals surface area (Å²) in [6, 6.07) is 12.7. The van der Waals surface area contributed by atoms with E-state index in [9.17, 15) is 27.6 Å². The fourth-order valence-electron chi connectivity index (χ4n) is 4.53. The Balaban J connectivity index is 1.50. The molecule has 0 radical (unpaired) electrons. The number of amides is 1. The van der Waals surface area contributed by atoms with Gasteiger partial charge in [0.05, 0.1) is 23.9 Å². The lowest BCUT2D eigenvalue weighted by atomic mass is 10.0. The molecule has 1 aliphatic rings. The second kappa shape index (κ2) is 10.7. The molecule has 1 aliphatic heterocycles. The van der Waals surface area contributed by atoms with Gasteiger partial charge in [-0.1, -0.05) is 25.1 Å². The van der Waals surface area contributed by atoms with Crippen molar-refractivity contribution < 1.29 is 27.5 Å². The molecule has 1 aromatic heterocycles. The van der Waals surface area contributed by atoms with E-state index in [0.717, 1.165) is 21.6 Å². The van der Waals surface area contributed by atoms with Gasteiger partial charge in [-0.05, 0) is 67.1 Å². The van der Waals surface area contributed by atoms with E-state index in [4.69, 9.17) is 4.74 Å². The minimum absolute atomic E-state index is 0.00439. The van der Waals surface area contributed by atoms with Crippen molar-refractivity contribution in [2.75, 3.05) is 19.7 Å². The van der Waals surface area contributed by atoms with E-state index < -0.39 is 12.1 Å². The van der Waals surface area contributed by atoms with Crippen molar-refractivity contribution in [2.45, 2.75) is 39.3 Å². The lowest BCUT2D eigenvalue weighted by molar-refractivity contribution is -0.185. The number of hydrogen-bond acceptors (Lipinski definition) is 4. The third-order valence-electron chi connectivity index (χ3n) is 6.52. The molecular formula is C27H28F3N3O4. The standard InChI is InChI=1S/C27H28F3N3O4/c1-3-37-24(34)18(2)16-19-4-7-22(8-5-19)32-14-15-33(26(32)36)23-9-6-20-10-12-31(13-11-21(20)17-23)25(35)27(28,29)30/h4-9,14-15,17-18H,3,10-13,16H2,1-2H3. The third kappa shape index (κ3) is 5.79. The first-order chi connectivity index (χ1) is 17.6. The quantitative estimate of drug-likeness (QED) is 0.468. The van der Waals surface area contributed by atoms with Crippen LogP contribution in [0, 0.1) is 5.92 Å². The molecule has 0 fully saturated rings. The molecule has 0 saturated heterocycles. The summed E-state index contributed by atoms with van der Waals surface area (Å²) in [4.78, 5) is 37.5. The molecular weight excluding hydrogens is 487 g/mol. The number of nitrogens with zero attached hydrogens (tertiary/aromatic N) is 3. The number of esters is 1. The predicted octanol–water partition coefficient (Wildman–Crippen LogP) is 3.86. The van der Waals surface area contributed by atoms with Crippen molar-refractivity contribution in [3.8, 4) is 11.4 Å². The minimum atomic E-state index is -4.89. The molecule has 0 saturated carbocycles. The van der Waals surface area contributed by atoms with Crippen LogP contribution in [0.15, 0.2) is 59.7 Å². The smallest absolute Gasteiger partial charge is 0.466 e. The fraction of sp³-hybridized carbons (Fsp3) is 0.370. The van der Waals surface area contributed by atoms with Crippen molar-refractivity contribution in [3.05, 3.63) is 82.0 Å². The van der Waals surface area contributed by atoms with Gasteiger partial charge in [-0.3, -0.25) is 18.7 Å². The highest BCUT2D eigenvalue weighted by atomic mass is 19.4. The Morgan fingerprint density at radius 2 is 1.54 bits per heavy atom. The van der Waals surface area contributed by atoms with Crippen LogP contribution in [-0.2, 0) is 33.6 Å². The maximum atomic E-state index is 13.2. The van der Waals surface area contributed by atoms with Crippen LogP contribution in [0.1, 0.15) is 30.5 Å². The minimum Gasteiger partial charge on any atom is -0.466 e. The summed E-state index contributed by atoms with van der Waals surface area (Å²) in [5.41, 5.74) is 3.58. The van der Waals surface area contributed by atoms with Crippen LogP contribution < -0.4 is 5.69 Å². The zero-order chi connectivity index (χ0) is 26.7. The van der Waals surface area contributed by atoms with E-state index in [1.807, 2.05) is 31.2 Å². The van der Waals surface area contributed by atoms with E-state index in [-0.39, 0.29) is 37.1 Å². The first-order valence-electron chi connectivity index (χ1n) is 12.1. The van der Waals surface area contributed by atoms with Gasteiger partial charge in [0.25, 0.3) is 0 Å². The number of carbonyl (C=O) groups is 2. The van der Waals surface area contributed by atoms with Gasteiger partial charge in [-0.15, -0.1) is 0 Å². The van der Waals surface area contributed by atoms with E-state index >= 15 is 0 Å². The molecule has 4 rings (SSSR count). The summed E-state index contributed by atoms with van der Waals surface area (Å²) in [7, 11) is 0. The van der Waals surface area contributed by atoms with E-state index in [0.29, 0.717) is 30.8 Å². The van der Waals surface area contributed by atoms with Gasteiger partial charge in [0.1, 0.15) is 0 Å². The topological polar surface area (TPSA) is 73.5 Å². The van der Waals surface area contributed by atoms with Crippen molar-refractivity contribution in [1.29, 1.82) is 0 Å². The van der Waals surface area contributed by atoms with Gasteiger partial charge in [-0.25, -0.2) is 4.79 Å². The molecule has 2 heterocycles. The summed E-state index contributed by atoms with van der Waals surface area (Å²) in [6.45, 7) is 3.87. The van der Waals surface area contributed by atoms with Crippen molar-refractivity contribution in [1.82, 2.24) is 14.0 Å². The summed E-state index contributed by atoms with van der Waals surface area (Å²) in [5, 5.41) is 0. The van der Waals surface area contributed by atoms with E-state index in [2.05, 4.69) is 0 Å². The molecule has 2 aromatic carbocycles. The molecule has 0 spiro atoms. The number of benzene rings is 2. The number of fused-ring (bicyclic) bond motifs is 1. The lowest BCUT2D eigenvalue weighted by Gasteiger charge is -2.21. The van der Waals surface area contributed by atoms with Crippen molar-refractivity contribution in [2.24, 2.45) is 5.92 Å². The van der Waals surface area contributed by atoms with Crippen LogP contribution in [0.4, 0.5) is 13.2 Å². The monoisotopic (exact) mass is 515 g/mol. The van der Waals surface area contributed by atoms with E-state index in [1.165, 1.54) is 9.13 Å². The third-order valence-corrected chi connectivity index (χ3v) is 6.52. The van der Waals surface area contributed by atoms with Crippen LogP contribution >= 0.6 is 0 Å². The molecule has 0 aliphatic carbocycles. The fourth-order valence-corrected chi connectivity index (χ4v) is 4.53.